The third-order valence-corrected chi connectivity index (χ3v) is 6.38. The molecule has 4 rings (SSSR count). The summed E-state index contributed by atoms with van der Waals surface area (Å²) < 4.78 is 4.57. The van der Waals surface area contributed by atoms with Crippen LogP contribution in [0.2, 0.25) is 0 Å². The largest absolute Gasteiger partial charge is 0.439 e. The number of amides is 1. The maximum absolute atomic E-state index is 13.5. The standard InChI is InChI=1S/C24H26N6O3S/c1-16-21(34-20(26-16)14-19-6-4-5-11-25-19)23(31)30(13-12-29(2)3)15-17-7-9-18(10-8-17)22-27-24(32)33-28-22/h4-11H,12-15H2,1-3H3,(H,27,28,32). The van der Waals surface area contributed by atoms with Crippen molar-refractivity contribution in [3.05, 3.63) is 86.0 Å². The quantitative estimate of drug-likeness (QED) is 0.394. The van der Waals surface area contributed by atoms with Gasteiger partial charge in [0.1, 0.15) is 4.88 Å². The van der Waals surface area contributed by atoms with Gasteiger partial charge in [0.05, 0.1) is 10.7 Å². The van der Waals surface area contributed by atoms with E-state index in [0.717, 1.165) is 34.1 Å². The zero-order valence-electron chi connectivity index (χ0n) is 19.3. The molecule has 0 aliphatic carbocycles. The first-order valence-electron chi connectivity index (χ1n) is 10.8. The Morgan fingerprint density at radius 2 is 1.91 bits per heavy atom. The molecular formula is C24H26N6O3S. The molecule has 176 valence electrons. The molecule has 0 saturated carbocycles. The molecule has 34 heavy (non-hydrogen) atoms. The van der Waals surface area contributed by atoms with Gasteiger partial charge in [-0.3, -0.25) is 19.3 Å². The van der Waals surface area contributed by atoms with Gasteiger partial charge >= 0.3 is 5.76 Å². The van der Waals surface area contributed by atoms with E-state index in [4.69, 9.17) is 0 Å². The van der Waals surface area contributed by atoms with Crippen LogP contribution < -0.4 is 5.76 Å². The van der Waals surface area contributed by atoms with Gasteiger partial charge in [0.2, 0.25) is 0 Å². The SMILES string of the molecule is Cc1nc(Cc2ccccn2)sc1C(=O)N(CCN(C)C)Cc1ccc(-c2noc(=O)[nH]2)cc1. The van der Waals surface area contributed by atoms with Gasteiger partial charge in [0.25, 0.3) is 5.91 Å². The molecule has 3 heterocycles. The van der Waals surface area contributed by atoms with Crippen molar-refractivity contribution in [3.63, 3.8) is 0 Å². The number of rotatable bonds is 9. The van der Waals surface area contributed by atoms with E-state index in [1.807, 2.05) is 68.4 Å². The first-order chi connectivity index (χ1) is 16.4. The van der Waals surface area contributed by atoms with Gasteiger partial charge in [-0.1, -0.05) is 35.5 Å². The number of aryl methyl sites for hydroxylation is 1. The topological polar surface area (TPSA) is 108 Å². The van der Waals surface area contributed by atoms with Gasteiger partial charge in [-0.25, -0.2) is 9.78 Å². The Hall–Kier alpha value is -3.63. The Morgan fingerprint density at radius 1 is 1.12 bits per heavy atom. The summed E-state index contributed by atoms with van der Waals surface area (Å²) in [6.07, 6.45) is 2.36. The lowest BCUT2D eigenvalue weighted by molar-refractivity contribution is 0.0736. The zero-order valence-corrected chi connectivity index (χ0v) is 20.1. The van der Waals surface area contributed by atoms with Crippen LogP contribution in [-0.2, 0) is 13.0 Å². The van der Waals surface area contributed by atoms with Crippen LogP contribution in [0.3, 0.4) is 0 Å². The van der Waals surface area contributed by atoms with E-state index in [2.05, 4.69) is 29.5 Å². The minimum absolute atomic E-state index is 0.0333. The lowest BCUT2D eigenvalue weighted by atomic mass is 10.1. The molecule has 1 aromatic carbocycles. The number of nitrogens with zero attached hydrogens (tertiary/aromatic N) is 5. The van der Waals surface area contributed by atoms with Crippen molar-refractivity contribution in [1.82, 2.24) is 29.9 Å². The molecular weight excluding hydrogens is 452 g/mol. The van der Waals surface area contributed by atoms with Crippen LogP contribution in [0.5, 0.6) is 0 Å². The number of aromatic amines is 1. The second-order valence-corrected chi connectivity index (χ2v) is 9.27. The molecule has 1 amide bonds. The number of aromatic nitrogens is 4. The minimum Gasteiger partial charge on any atom is -0.332 e. The van der Waals surface area contributed by atoms with Crippen LogP contribution in [-0.4, -0.2) is 63.0 Å². The first-order valence-corrected chi connectivity index (χ1v) is 11.7. The highest BCUT2D eigenvalue weighted by molar-refractivity contribution is 7.13. The molecule has 4 aromatic rings. The lowest BCUT2D eigenvalue weighted by Crippen LogP contribution is -2.36. The van der Waals surface area contributed by atoms with Crippen LogP contribution in [0, 0.1) is 6.92 Å². The van der Waals surface area contributed by atoms with Crippen molar-refractivity contribution in [3.8, 4) is 11.4 Å². The van der Waals surface area contributed by atoms with E-state index in [9.17, 15) is 9.59 Å². The van der Waals surface area contributed by atoms with E-state index in [1.54, 1.807) is 6.20 Å². The summed E-state index contributed by atoms with van der Waals surface area (Å²) >= 11 is 1.43. The molecule has 0 aliphatic rings. The molecule has 0 fully saturated rings. The van der Waals surface area contributed by atoms with Crippen LogP contribution >= 0.6 is 11.3 Å². The van der Waals surface area contributed by atoms with E-state index >= 15 is 0 Å². The Kier molecular flexibility index (Phi) is 7.29. The molecule has 0 atom stereocenters. The van der Waals surface area contributed by atoms with Crippen molar-refractivity contribution in [2.45, 2.75) is 19.9 Å². The second kappa shape index (κ2) is 10.5. The number of thiazole rings is 1. The number of nitrogens with one attached hydrogen (secondary N) is 1. The van der Waals surface area contributed by atoms with Crippen LogP contribution in [0.4, 0.5) is 0 Å². The predicted molar refractivity (Wildman–Crippen MR) is 130 cm³/mol. The van der Waals surface area contributed by atoms with Crippen molar-refractivity contribution in [2.24, 2.45) is 0 Å². The monoisotopic (exact) mass is 478 g/mol. The van der Waals surface area contributed by atoms with Crippen molar-refractivity contribution < 1.29 is 9.32 Å². The number of H-pyrrole nitrogens is 1. The maximum atomic E-state index is 13.5. The molecule has 1 N–H and O–H groups in total. The smallest absolute Gasteiger partial charge is 0.332 e. The number of likely N-dealkylation sites (N-methyl/N-ethyl adjacent to an activating group) is 1. The van der Waals surface area contributed by atoms with Crippen LogP contribution in [0.1, 0.15) is 31.6 Å². The summed E-state index contributed by atoms with van der Waals surface area (Å²) in [6.45, 7) is 3.65. The minimum atomic E-state index is -0.595. The van der Waals surface area contributed by atoms with Gasteiger partial charge in [0.15, 0.2) is 5.82 Å². The van der Waals surface area contributed by atoms with Crippen molar-refractivity contribution >= 4 is 17.2 Å². The molecule has 0 saturated heterocycles. The summed E-state index contributed by atoms with van der Waals surface area (Å²) in [5, 5.41) is 4.59. The van der Waals surface area contributed by atoms with Gasteiger partial charge in [-0.05, 0) is 38.7 Å². The van der Waals surface area contributed by atoms with Gasteiger partial charge in [-0.2, -0.15) is 0 Å². The number of hydrogen-bond donors (Lipinski definition) is 1. The highest BCUT2D eigenvalue weighted by Crippen LogP contribution is 2.23. The van der Waals surface area contributed by atoms with Gasteiger partial charge in [0, 0.05) is 43.5 Å². The molecule has 0 bridgehead atoms. The number of pyridine rings is 1. The Labute approximate surface area is 201 Å². The highest BCUT2D eigenvalue weighted by atomic mass is 32.1. The molecule has 0 radical (unpaired) electrons. The average molecular weight is 479 g/mol. The summed E-state index contributed by atoms with van der Waals surface area (Å²) in [7, 11) is 3.97. The third-order valence-electron chi connectivity index (χ3n) is 5.24. The molecule has 0 aliphatic heterocycles. The van der Waals surface area contributed by atoms with Crippen LogP contribution in [0.25, 0.3) is 11.4 Å². The van der Waals surface area contributed by atoms with Crippen molar-refractivity contribution in [1.29, 1.82) is 0 Å². The molecule has 3 aromatic heterocycles. The van der Waals surface area contributed by atoms with E-state index in [-0.39, 0.29) is 5.91 Å². The van der Waals surface area contributed by atoms with E-state index < -0.39 is 5.76 Å². The van der Waals surface area contributed by atoms with Crippen molar-refractivity contribution in [2.75, 3.05) is 27.2 Å². The zero-order chi connectivity index (χ0) is 24.1. The lowest BCUT2D eigenvalue weighted by Gasteiger charge is -2.24. The maximum Gasteiger partial charge on any atom is 0.439 e. The number of carbonyl (C=O) groups is 1. The number of carbonyl (C=O) groups excluding carboxylic acids is 1. The number of hydrogen-bond acceptors (Lipinski definition) is 8. The normalized spacial score (nSPS) is 11.2. The Balaban J connectivity index is 1.52. The Bertz CT molecular complexity index is 1290. The van der Waals surface area contributed by atoms with E-state index in [1.165, 1.54) is 11.3 Å². The summed E-state index contributed by atoms with van der Waals surface area (Å²) in [5.74, 6) is -0.256. The fraction of sp³-hybridized carbons (Fsp3) is 0.292. The third kappa shape index (κ3) is 5.83. The summed E-state index contributed by atoms with van der Waals surface area (Å²) in [6, 6.07) is 13.3. The fourth-order valence-electron chi connectivity index (χ4n) is 3.44. The second-order valence-electron chi connectivity index (χ2n) is 8.19. The first kappa shape index (κ1) is 23.5. The fourth-order valence-corrected chi connectivity index (χ4v) is 4.49. The summed E-state index contributed by atoms with van der Waals surface area (Å²) in [4.78, 5) is 40.8. The predicted octanol–water partition coefficient (Wildman–Crippen LogP) is 2.98. The van der Waals surface area contributed by atoms with Gasteiger partial charge < -0.3 is 9.80 Å². The highest BCUT2D eigenvalue weighted by Gasteiger charge is 2.22. The molecule has 9 nitrogen and oxygen atoms in total. The molecule has 0 unspecified atom stereocenters. The summed E-state index contributed by atoms with van der Waals surface area (Å²) in [5.41, 5.74) is 3.37. The Morgan fingerprint density at radius 3 is 2.56 bits per heavy atom. The van der Waals surface area contributed by atoms with E-state index in [0.29, 0.717) is 30.2 Å². The van der Waals surface area contributed by atoms with Crippen LogP contribution in [0.15, 0.2) is 58.0 Å². The van der Waals surface area contributed by atoms with Gasteiger partial charge in [-0.15, -0.1) is 11.3 Å². The molecule has 10 heteroatoms. The average Bonchev–Trinajstić information content (AvgIpc) is 3.42. The number of benzene rings is 1. The molecule has 0 spiro atoms.